The van der Waals surface area contributed by atoms with Gasteiger partial charge in [-0.15, -0.1) is 0 Å². The Bertz CT molecular complexity index is 435. The highest BCUT2D eigenvalue weighted by Crippen LogP contribution is 2.42. The molecule has 2 heteroatoms. The third kappa shape index (κ3) is 2.87. The molecule has 0 aliphatic heterocycles. The largest absolute Gasteiger partial charge is 0.198 e. The van der Waals surface area contributed by atoms with Crippen molar-refractivity contribution >= 4 is 11.6 Å². The summed E-state index contributed by atoms with van der Waals surface area (Å²) in [6.07, 6.45) is 6.11. The summed E-state index contributed by atoms with van der Waals surface area (Å²) in [4.78, 5) is 0. The Morgan fingerprint density at radius 2 is 1.94 bits per heavy atom. The predicted octanol–water partition coefficient (Wildman–Crippen LogP) is 5.16. The fraction of sp³-hybridized carbons (Fsp3) is 0.562. The Hall–Kier alpha value is -1.00. The minimum absolute atomic E-state index is 0.115. The molecule has 3 atom stereocenters. The van der Waals surface area contributed by atoms with E-state index in [4.69, 9.17) is 11.6 Å². The first-order chi connectivity index (χ1) is 8.74. The summed E-state index contributed by atoms with van der Waals surface area (Å²) in [7, 11) is 0. The molecule has 1 aliphatic rings. The molecule has 1 aromatic carbocycles. The highest BCUT2D eigenvalue weighted by atomic mass is 35.5. The van der Waals surface area contributed by atoms with Gasteiger partial charge >= 0.3 is 0 Å². The molecule has 1 fully saturated rings. The van der Waals surface area contributed by atoms with E-state index >= 15 is 0 Å². The van der Waals surface area contributed by atoms with Gasteiger partial charge in [-0.1, -0.05) is 49.1 Å². The molecular formula is C16H20ClN. The van der Waals surface area contributed by atoms with E-state index in [0.29, 0.717) is 11.8 Å². The second kappa shape index (κ2) is 6.25. The molecule has 1 aliphatic carbocycles. The number of nitrogens with zero attached hydrogens (tertiary/aromatic N) is 1. The zero-order valence-electron chi connectivity index (χ0n) is 10.9. The summed E-state index contributed by atoms with van der Waals surface area (Å²) in [5.41, 5.74) is 1.24. The summed E-state index contributed by atoms with van der Waals surface area (Å²) in [5.74, 6) is 1.03. The first kappa shape index (κ1) is 13.4. The Balaban J connectivity index is 2.32. The van der Waals surface area contributed by atoms with Crippen LogP contribution in [0.3, 0.4) is 0 Å². The number of nitriles is 1. The van der Waals surface area contributed by atoms with Crippen LogP contribution in [0, 0.1) is 23.2 Å². The van der Waals surface area contributed by atoms with Gasteiger partial charge < -0.3 is 0 Å². The van der Waals surface area contributed by atoms with Gasteiger partial charge in [-0.2, -0.15) is 5.26 Å². The number of halogens is 1. The maximum absolute atomic E-state index is 9.23. The first-order valence-electron chi connectivity index (χ1n) is 6.88. The first-order valence-corrected chi connectivity index (χ1v) is 7.26. The van der Waals surface area contributed by atoms with E-state index in [1.165, 1.54) is 31.2 Å². The van der Waals surface area contributed by atoms with Gasteiger partial charge in [-0.3, -0.25) is 0 Å². The van der Waals surface area contributed by atoms with Crippen LogP contribution in [-0.4, -0.2) is 0 Å². The second-order valence-corrected chi connectivity index (χ2v) is 5.75. The fourth-order valence-electron chi connectivity index (χ4n) is 3.19. The van der Waals surface area contributed by atoms with E-state index in [1.807, 2.05) is 12.1 Å². The maximum atomic E-state index is 9.23. The quantitative estimate of drug-likeness (QED) is 0.674. The molecule has 0 saturated heterocycles. The lowest BCUT2D eigenvalue weighted by molar-refractivity contribution is 0.331. The van der Waals surface area contributed by atoms with Crippen molar-refractivity contribution in [2.24, 2.45) is 11.8 Å². The zero-order chi connectivity index (χ0) is 13.0. The topological polar surface area (TPSA) is 23.8 Å². The van der Waals surface area contributed by atoms with E-state index < -0.39 is 0 Å². The molecule has 0 bridgehead atoms. The SMILES string of the molecule is CC(C#N)C1CCCCCC1c1ccccc1Cl. The van der Waals surface area contributed by atoms with Crippen LogP contribution in [0.25, 0.3) is 0 Å². The van der Waals surface area contributed by atoms with Gasteiger partial charge in [0.1, 0.15) is 0 Å². The van der Waals surface area contributed by atoms with Crippen LogP contribution in [0.4, 0.5) is 0 Å². The molecule has 0 spiro atoms. The summed E-state index contributed by atoms with van der Waals surface area (Å²) in [6, 6.07) is 10.6. The minimum Gasteiger partial charge on any atom is -0.198 e. The van der Waals surface area contributed by atoms with Crippen molar-refractivity contribution in [1.29, 1.82) is 5.26 Å². The predicted molar refractivity (Wildman–Crippen MR) is 75.5 cm³/mol. The Morgan fingerprint density at radius 3 is 2.67 bits per heavy atom. The van der Waals surface area contributed by atoms with E-state index in [9.17, 15) is 5.26 Å². The molecule has 0 heterocycles. The molecule has 2 rings (SSSR count). The van der Waals surface area contributed by atoms with Crippen LogP contribution in [0.1, 0.15) is 50.5 Å². The van der Waals surface area contributed by atoms with Crippen molar-refractivity contribution in [3.63, 3.8) is 0 Å². The lowest BCUT2D eigenvalue weighted by Gasteiger charge is -2.28. The summed E-state index contributed by atoms with van der Waals surface area (Å²) in [5, 5.41) is 10.1. The third-order valence-electron chi connectivity index (χ3n) is 4.22. The molecule has 0 N–H and O–H groups in total. The minimum atomic E-state index is 0.115. The van der Waals surface area contributed by atoms with Crippen molar-refractivity contribution in [2.75, 3.05) is 0 Å². The van der Waals surface area contributed by atoms with Gasteiger partial charge in [0.25, 0.3) is 0 Å². The van der Waals surface area contributed by atoms with E-state index in [-0.39, 0.29) is 5.92 Å². The normalized spacial score (nSPS) is 26.1. The van der Waals surface area contributed by atoms with E-state index in [2.05, 4.69) is 25.1 Å². The van der Waals surface area contributed by atoms with Crippen molar-refractivity contribution in [2.45, 2.75) is 44.9 Å². The van der Waals surface area contributed by atoms with Crippen LogP contribution in [0.2, 0.25) is 5.02 Å². The zero-order valence-corrected chi connectivity index (χ0v) is 11.7. The van der Waals surface area contributed by atoms with Gasteiger partial charge in [0.2, 0.25) is 0 Å². The maximum Gasteiger partial charge on any atom is 0.0656 e. The van der Waals surface area contributed by atoms with Gasteiger partial charge in [-0.05, 0) is 43.2 Å². The monoisotopic (exact) mass is 261 g/mol. The summed E-state index contributed by atoms with van der Waals surface area (Å²) < 4.78 is 0. The highest BCUT2D eigenvalue weighted by molar-refractivity contribution is 6.31. The highest BCUT2D eigenvalue weighted by Gasteiger charge is 2.30. The molecule has 0 aromatic heterocycles. The number of hydrogen-bond donors (Lipinski definition) is 0. The van der Waals surface area contributed by atoms with Gasteiger partial charge in [0, 0.05) is 10.9 Å². The fourth-order valence-corrected chi connectivity index (χ4v) is 3.47. The molecule has 96 valence electrons. The Kier molecular flexibility index (Phi) is 4.66. The summed E-state index contributed by atoms with van der Waals surface area (Å²) >= 11 is 6.34. The van der Waals surface area contributed by atoms with Crippen LogP contribution in [0.5, 0.6) is 0 Å². The van der Waals surface area contributed by atoms with Crippen LogP contribution in [0.15, 0.2) is 24.3 Å². The average Bonchev–Trinajstić information content (AvgIpc) is 2.64. The number of rotatable bonds is 2. The van der Waals surface area contributed by atoms with Crippen LogP contribution in [-0.2, 0) is 0 Å². The molecule has 0 radical (unpaired) electrons. The molecule has 0 amide bonds. The lowest BCUT2D eigenvalue weighted by Crippen LogP contribution is -2.18. The second-order valence-electron chi connectivity index (χ2n) is 5.35. The standard InChI is InChI=1S/C16H20ClN/c1-12(11-18)13-7-3-2-4-8-14(13)15-9-5-6-10-16(15)17/h5-6,9-10,12-14H,2-4,7-8H2,1H3. The number of benzene rings is 1. The van der Waals surface area contributed by atoms with Crippen LogP contribution < -0.4 is 0 Å². The van der Waals surface area contributed by atoms with Crippen LogP contribution >= 0.6 is 11.6 Å². The molecule has 18 heavy (non-hydrogen) atoms. The van der Waals surface area contributed by atoms with Crippen molar-refractivity contribution in [3.8, 4) is 6.07 Å². The van der Waals surface area contributed by atoms with Crippen molar-refractivity contribution in [3.05, 3.63) is 34.9 Å². The number of hydrogen-bond acceptors (Lipinski definition) is 1. The molecule has 3 unspecified atom stereocenters. The smallest absolute Gasteiger partial charge is 0.0656 e. The Labute approximate surface area is 115 Å². The molecular weight excluding hydrogens is 242 g/mol. The molecule has 1 nitrogen and oxygen atoms in total. The van der Waals surface area contributed by atoms with E-state index in [0.717, 1.165) is 11.4 Å². The average molecular weight is 262 g/mol. The third-order valence-corrected chi connectivity index (χ3v) is 4.56. The Morgan fingerprint density at radius 1 is 1.22 bits per heavy atom. The van der Waals surface area contributed by atoms with Crippen molar-refractivity contribution < 1.29 is 0 Å². The molecule has 1 saturated carbocycles. The van der Waals surface area contributed by atoms with Crippen molar-refractivity contribution in [1.82, 2.24) is 0 Å². The van der Waals surface area contributed by atoms with E-state index in [1.54, 1.807) is 0 Å². The summed E-state index contributed by atoms with van der Waals surface area (Å²) in [6.45, 7) is 2.06. The van der Waals surface area contributed by atoms with Gasteiger partial charge in [-0.25, -0.2) is 0 Å². The lowest BCUT2D eigenvalue weighted by atomic mass is 9.76. The van der Waals surface area contributed by atoms with Gasteiger partial charge in [0.15, 0.2) is 0 Å². The molecule has 1 aromatic rings. The van der Waals surface area contributed by atoms with Gasteiger partial charge in [0.05, 0.1) is 6.07 Å².